The van der Waals surface area contributed by atoms with Gasteiger partial charge in [0.1, 0.15) is 0 Å². The summed E-state index contributed by atoms with van der Waals surface area (Å²) in [6.07, 6.45) is 4.50. The molecule has 1 saturated heterocycles. The highest BCUT2D eigenvalue weighted by Gasteiger charge is 2.18. The molecule has 110 valence electrons. The normalized spacial score (nSPS) is 20.0. The SMILES string of the molecule is CNC1CCCN(Cc2cnc3n[nH]c(C)c3c2)C1.Cl. The predicted molar refractivity (Wildman–Crippen MR) is 83.2 cm³/mol. The van der Waals surface area contributed by atoms with E-state index < -0.39 is 0 Å². The first-order valence-electron chi connectivity index (χ1n) is 6.95. The van der Waals surface area contributed by atoms with Crippen molar-refractivity contribution in [1.29, 1.82) is 0 Å². The Kier molecular flexibility index (Phi) is 4.96. The van der Waals surface area contributed by atoms with Crippen molar-refractivity contribution in [2.75, 3.05) is 20.1 Å². The van der Waals surface area contributed by atoms with Gasteiger partial charge < -0.3 is 5.32 Å². The van der Waals surface area contributed by atoms with Gasteiger partial charge in [0, 0.05) is 36.4 Å². The molecule has 1 aliphatic rings. The molecule has 0 amide bonds. The van der Waals surface area contributed by atoms with Crippen molar-refractivity contribution in [3.05, 3.63) is 23.5 Å². The topological polar surface area (TPSA) is 56.8 Å². The zero-order valence-corrected chi connectivity index (χ0v) is 12.8. The molecule has 0 radical (unpaired) electrons. The molecule has 2 aromatic rings. The van der Waals surface area contributed by atoms with Gasteiger partial charge in [0.15, 0.2) is 5.65 Å². The number of aryl methyl sites for hydroxylation is 1. The molecule has 2 N–H and O–H groups in total. The van der Waals surface area contributed by atoms with Crippen molar-refractivity contribution in [1.82, 2.24) is 25.4 Å². The van der Waals surface area contributed by atoms with Crippen molar-refractivity contribution in [3.8, 4) is 0 Å². The zero-order valence-electron chi connectivity index (χ0n) is 12.0. The van der Waals surface area contributed by atoms with Gasteiger partial charge in [-0.25, -0.2) is 4.98 Å². The van der Waals surface area contributed by atoms with Crippen molar-refractivity contribution >= 4 is 23.4 Å². The van der Waals surface area contributed by atoms with Crippen LogP contribution >= 0.6 is 12.4 Å². The second kappa shape index (κ2) is 6.52. The van der Waals surface area contributed by atoms with Gasteiger partial charge in [0.05, 0.1) is 0 Å². The number of H-pyrrole nitrogens is 1. The number of fused-ring (bicyclic) bond motifs is 1. The first kappa shape index (κ1) is 15.2. The third kappa shape index (κ3) is 3.11. The van der Waals surface area contributed by atoms with Gasteiger partial charge in [-0.15, -0.1) is 12.4 Å². The van der Waals surface area contributed by atoms with E-state index in [0.29, 0.717) is 6.04 Å². The highest BCUT2D eigenvalue weighted by Crippen LogP contribution is 2.17. The van der Waals surface area contributed by atoms with Crippen molar-refractivity contribution < 1.29 is 0 Å². The molecule has 0 spiro atoms. The van der Waals surface area contributed by atoms with Crippen molar-refractivity contribution in [2.45, 2.75) is 32.4 Å². The maximum Gasteiger partial charge on any atom is 0.181 e. The van der Waals surface area contributed by atoms with Crippen LogP contribution in [-0.2, 0) is 6.54 Å². The lowest BCUT2D eigenvalue weighted by Gasteiger charge is -2.32. The van der Waals surface area contributed by atoms with E-state index in [9.17, 15) is 0 Å². The molecular formula is C14H22ClN5. The Hall–Kier alpha value is -1.17. The molecule has 1 unspecified atom stereocenters. The average molecular weight is 296 g/mol. The third-order valence-corrected chi connectivity index (χ3v) is 3.98. The smallest absolute Gasteiger partial charge is 0.181 e. The van der Waals surface area contributed by atoms with Crippen LogP contribution in [0.15, 0.2) is 12.3 Å². The molecule has 0 saturated carbocycles. The summed E-state index contributed by atoms with van der Waals surface area (Å²) in [5.41, 5.74) is 3.18. The number of pyridine rings is 1. The van der Waals surface area contributed by atoms with E-state index in [1.54, 1.807) is 0 Å². The lowest BCUT2D eigenvalue weighted by atomic mass is 10.1. The lowest BCUT2D eigenvalue weighted by Crippen LogP contribution is -2.43. The molecule has 1 atom stereocenters. The molecular weight excluding hydrogens is 274 g/mol. The zero-order chi connectivity index (χ0) is 13.2. The van der Waals surface area contributed by atoms with Gasteiger partial charge in [-0.05, 0) is 45.0 Å². The number of nitrogens with one attached hydrogen (secondary N) is 2. The summed E-state index contributed by atoms with van der Waals surface area (Å²) >= 11 is 0. The van der Waals surface area contributed by atoms with Gasteiger partial charge in [-0.3, -0.25) is 10.00 Å². The summed E-state index contributed by atoms with van der Waals surface area (Å²) in [5.74, 6) is 0. The molecule has 20 heavy (non-hydrogen) atoms. The van der Waals surface area contributed by atoms with Gasteiger partial charge >= 0.3 is 0 Å². The predicted octanol–water partition coefficient (Wildman–Crippen LogP) is 1.87. The maximum absolute atomic E-state index is 4.42. The molecule has 6 heteroatoms. The number of aromatic amines is 1. The maximum atomic E-state index is 4.42. The number of hydrogen-bond donors (Lipinski definition) is 2. The molecule has 3 heterocycles. The van der Waals surface area contributed by atoms with E-state index in [2.05, 4.69) is 38.5 Å². The number of likely N-dealkylation sites (tertiary alicyclic amines) is 1. The number of rotatable bonds is 3. The first-order chi connectivity index (χ1) is 9.26. The fourth-order valence-corrected chi connectivity index (χ4v) is 2.84. The summed E-state index contributed by atoms with van der Waals surface area (Å²) in [5, 5.41) is 11.7. The number of halogens is 1. The summed E-state index contributed by atoms with van der Waals surface area (Å²) in [6, 6.07) is 2.84. The molecule has 0 bridgehead atoms. The summed E-state index contributed by atoms with van der Waals surface area (Å²) < 4.78 is 0. The Balaban J connectivity index is 0.00000147. The molecule has 2 aromatic heterocycles. The number of likely N-dealkylation sites (N-methyl/N-ethyl adjacent to an activating group) is 1. The number of piperidine rings is 1. The second-order valence-electron chi connectivity index (χ2n) is 5.43. The molecule has 0 aliphatic carbocycles. The first-order valence-corrected chi connectivity index (χ1v) is 6.95. The van der Waals surface area contributed by atoms with E-state index in [1.807, 2.05) is 13.1 Å². The van der Waals surface area contributed by atoms with Crippen LogP contribution in [0, 0.1) is 6.92 Å². The van der Waals surface area contributed by atoms with E-state index in [-0.39, 0.29) is 12.4 Å². The minimum Gasteiger partial charge on any atom is -0.316 e. The van der Waals surface area contributed by atoms with Crippen LogP contribution in [0.1, 0.15) is 24.1 Å². The number of nitrogens with zero attached hydrogens (tertiary/aromatic N) is 3. The summed E-state index contributed by atoms with van der Waals surface area (Å²) in [4.78, 5) is 6.92. The lowest BCUT2D eigenvalue weighted by molar-refractivity contribution is 0.188. The fraction of sp³-hybridized carbons (Fsp3) is 0.571. The monoisotopic (exact) mass is 295 g/mol. The Morgan fingerprint density at radius 3 is 3.15 bits per heavy atom. The minimum atomic E-state index is 0. The second-order valence-corrected chi connectivity index (χ2v) is 5.43. The van der Waals surface area contributed by atoms with Crippen LogP contribution in [0.5, 0.6) is 0 Å². The molecule has 1 aliphatic heterocycles. The van der Waals surface area contributed by atoms with Gasteiger partial charge in [0.2, 0.25) is 0 Å². The van der Waals surface area contributed by atoms with Crippen LogP contribution < -0.4 is 5.32 Å². The van der Waals surface area contributed by atoms with Crippen molar-refractivity contribution in [3.63, 3.8) is 0 Å². The highest BCUT2D eigenvalue weighted by atomic mass is 35.5. The van der Waals surface area contributed by atoms with E-state index in [4.69, 9.17) is 0 Å². The Morgan fingerprint density at radius 1 is 1.50 bits per heavy atom. The van der Waals surface area contributed by atoms with E-state index >= 15 is 0 Å². The fourth-order valence-electron chi connectivity index (χ4n) is 2.84. The van der Waals surface area contributed by atoms with Crippen LogP contribution in [-0.4, -0.2) is 46.3 Å². The molecule has 0 aromatic carbocycles. The van der Waals surface area contributed by atoms with Crippen molar-refractivity contribution in [2.24, 2.45) is 0 Å². The summed E-state index contributed by atoms with van der Waals surface area (Å²) in [7, 11) is 2.05. The van der Waals surface area contributed by atoms with Gasteiger partial charge in [0.25, 0.3) is 0 Å². The van der Waals surface area contributed by atoms with Crippen LogP contribution in [0.2, 0.25) is 0 Å². The van der Waals surface area contributed by atoms with E-state index in [1.165, 1.54) is 24.9 Å². The minimum absolute atomic E-state index is 0. The number of aromatic nitrogens is 3. The van der Waals surface area contributed by atoms with Gasteiger partial charge in [-0.1, -0.05) is 0 Å². The summed E-state index contributed by atoms with van der Waals surface area (Å²) in [6.45, 7) is 5.32. The van der Waals surface area contributed by atoms with Crippen LogP contribution in [0.4, 0.5) is 0 Å². The third-order valence-electron chi connectivity index (χ3n) is 3.98. The Bertz CT molecular complexity index is 568. The van der Waals surface area contributed by atoms with E-state index in [0.717, 1.165) is 29.8 Å². The molecule has 5 nitrogen and oxygen atoms in total. The van der Waals surface area contributed by atoms with Crippen LogP contribution in [0.3, 0.4) is 0 Å². The number of hydrogen-bond acceptors (Lipinski definition) is 4. The highest BCUT2D eigenvalue weighted by molar-refractivity contribution is 5.85. The quantitative estimate of drug-likeness (QED) is 0.908. The largest absolute Gasteiger partial charge is 0.316 e. The van der Waals surface area contributed by atoms with Crippen LogP contribution in [0.25, 0.3) is 11.0 Å². The Morgan fingerprint density at radius 2 is 2.35 bits per heavy atom. The molecule has 1 fully saturated rings. The Labute approximate surface area is 125 Å². The average Bonchev–Trinajstić information content (AvgIpc) is 2.80. The van der Waals surface area contributed by atoms with Gasteiger partial charge in [-0.2, -0.15) is 5.10 Å². The molecule has 3 rings (SSSR count). The standard InChI is InChI=1S/C14H21N5.ClH/c1-10-13-6-11(7-16-14(13)18-17-10)8-19-5-3-4-12(9-19)15-2;/h6-7,12,15H,3-5,8-9H2,1-2H3,(H,16,17,18);1H.